The van der Waals surface area contributed by atoms with Crippen LogP contribution in [0.4, 0.5) is 0 Å². The van der Waals surface area contributed by atoms with Crippen LogP contribution in [0.2, 0.25) is 0 Å². The lowest BCUT2D eigenvalue weighted by atomic mass is 10.1. The second-order valence-electron chi connectivity index (χ2n) is 4.28. The number of hydrogen-bond acceptors (Lipinski definition) is 3. The normalized spacial score (nSPS) is 25.8. The van der Waals surface area contributed by atoms with E-state index < -0.39 is 10.8 Å². The van der Waals surface area contributed by atoms with Crippen LogP contribution in [0.3, 0.4) is 0 Å². The maximum Gasteiger partial charge on any atom is 0.109 e. The third-order valence-corrected chi connectivity index (χ3v) is 4.47. The zero-order valence-electron chi connectivity index (χ0n) is 9.69. The van der Waals surface area contributed by atoms with E-state index in [0.717, 1.165) is 43.1 Å². The molecular weight excluding hydrogens is 222 g/mol. The molecule has 0 atom stereocenters. The average Bonchev–Trinajstić information content (AvgIpc) is 2.68. The van der Waals surface area contributed by atoms with Gasteiger partial charge in [0, 0.05) is 60.8 Å². The Balaban J connectivity index is 1.68. The Morgan fingerprint density at radius 2 is 2.31 bits per heavy atom. The number of nitrogens with zero attached hydrogens (tertiary/aromatic N) is 2. The first kappa shape index (κ1) is 11.8. The van der Waals surface area contributed by atoms with Crippen LogP contribution in [0.5, 0.6) is 0 Å². The van der Waals surface area contributed by atoms with E-state index in [1.165, 1.54) is 0 Å². The molecule has 90 valence electrons. The van der Waals surface area contributed by atoms with Gasteiger partial charge in [-0.3, -0.25) is 4.21 Å². The SMILES string of the molecule is Cn1ccnc1CCNC1CCS(=O)CC1. The van der Waals surface area contributed by atoms with Crippen LogP contribution in [0.15, 0.2) is 12.4 Å². The molecule has 0 aromatic carbocycles. The first-order valence-corrected chi connectivity index (χ1v) is 7.29. The molecule has 2 rings (SSSR count). The minimum atomic E-state index is -0.556. The van der Waals surface area contributed by atoms with Gasteiger partial charge in [-0.1, -0.05) is 0 Å². The van der Waals surface area contributed by atoms with Gasteiger partial charge < -0.3 is 9.88 Å². The molecule has 1 aromatic rings. The van der Waals surface area contributed by atoms with Gasteiger partial charge in [0.05, 0.1) is 0 Å². The van der Waals surface area contributed by atoms with E-state index in [-0.39, 0.29) is 0 Å². The van der Waals surface area contributed by atoms with Gasteiger partial charge in [-0.2, -0.15) is 0 Å². The van der Waals surface area contributed by atoms with E-state index in [1.54, 1.807) is 0 Å². The monoisotopic (exact) mass is 241 g/mol. The lowest BCUT2D eigenvalue weighted by molar-refractivity contribution is 0.475. The molecule has 0 bridgehead atoms. The van der Waals surface area contributed by atoms with Gasteiger partial charge >= 0.3 is 0 Å². The lowest BCUT2D eigenvalue weighted by Gasteiger charge is -2.22. The molecule has 1 saturated heterocycles. The van der Waals surface area contributed by atoms with Crippen LogP contribution in [0.1, 0.15) is 18.7 Å². The van der Waals surface area contributed by atoms with Crippen LogP contribution in [0, 0.1) is 0 Å². The second-order valence-corrected chi connectivity index (χ2v) is 5.98. The Labute approximate surface area is 98.9 Å². The third kappa shape index (κ3) is 3.15. The van der Waals surface area contributed by atoms with Crippen molar-refractivity contribution in [2.75, 3.05) is 18.1 Å². The average molecular weight is 241 g/mol. The number of nitrogens with one attached hydrogen (secondary N) is 1. The van der Waals surface area contributed by atoms with Crippen LogP contribution in [-0.2, 0) is 24.3 Å². The molecule has 1 N–H and O–H groups in total. The number of aryl methyl sites for hydroxylation is 1. The summed E-state index contributed by atoms with van der Waals surface area (Å²) in [5, 5.41) is 3.52. The van der Waals surface area contributed by atoms with E-state index in [4.69, 9.17) is 0 Å². The van der Waals surface area contributed by atoms with Crippen LogP contribution < -0.4 is 5.32 Å². The van der Waals surface area contributed by atoms with Crippen LogP contribution in [-0.4, -0.2) is 37.9 Å². The molecule has 0 aliphatic carbocycles. The summed E-state index contributed by atoms with van der Waals surface area (Å²) in [7, 11) is 1.46. The molecule has 0 radical (unpaired) electrons. The van der Waals surface area contributed by atoms with Gasteiger partial charge in [0.15, 0.2) is 0 Å². The fourth-order valence-corrected chi connectivity index (χ4v) is 3.32. The zero-order chi connectivity index (χ0) is 11.4. The molecule has 0 amide bonds. The van der Waals surface area contributed by atoms with Gasteiger partial charge in [0.1, 0.15) is 5.82 Å². The highest BCUT2D eigenvalue weighted by Crippen LogP contribution is 2.08. The molecule has 5 heteroatoms. The standard InChI is InChI=1S/C11H19N3OS/c1-14-7-6-13-11(14)2-5-12-10-3-8-16(15)9-4-10/h6-7,10,12H,2-5,8-9H2,1H3. The Kier molecular flexibility index (Phi) is 4.12. The van der Waals surface area contributed by atoms with Crippen molar-refractivity contribution in [3.63, 3.8) is 0 Å². The molecule has 1 aliphatic heterocycles. The zero-order valence-corrected chi connectivity index (χ0v) is 10.5. The van der Waals surface area contributed by atoms with Gasteiger partial charge in [0.25, 0.3) is 0 Å². The van der Waals surface area contributed by atoms with Crippen molar-refractivity contribution in [2.24, 2.45) is 7.05 Å². The highest BCUT2D eigenvalue weighted by molar-refractivity contribution is 7.85. The number of rotatable bonds is 4. The van der Waals surface area contributed by atoms with Crippen molar-refractivity contribution in [1.29, 1.82) is 0 Å². The Morgan fingerprint density at radius 1 is 1.56 bits per heavy atom. The quantitative estimate of drug-likeness (QED) is 0.833. The van der Waals surface area contributed by atoms with Crippen molar-refractivity contribution in [3.8, 4) is 0 Å². The molecule has 0 saturated carbocycles. The molecular formula is C11H19N3OS. The van der Waals surface area contributed by atoms with Crippen LogP contribution >= 0.6 is 0 Å². The number of imidazole rings is 1. The highest BCUT2D eigenvalue weighted by atomic mass is 32.2. The Bertz CT molecular complexity index is 354. The molecule has 1 aliphatic rings. The van der Waals surface area contributed by atoms with Crippen LogP contribution in [0.25, 0.3) is 0 Å². The summed E-state index contributed by atoms with van der Waals surface area (Å²) in [5.74, 6) is 2.84. The molecule has 1 aromatic heterocycles. The molecule has 0 unspecified atom stereocenters. The molecule has 16 heavy (non-hydrogen) atoms. The van der Waals surface area contributed by atoms with Gasteiger partial charge in [0.2, 0.25) is 0 Å². The number of hydrogen-bond donors (Lipinski definition) is 1. The van der Waals surface area contributed by atoms with Gasteiger partial charge in [-0.25, -0.2) is 4.98 Å². The smallest absolute Gasteiger partial charge is 0.109 e. The van der Waals surface area contributed by atoms with Crippen molar-refractivity contribution in [1.82, 2.24) is 14.9 Å². The summed E-state index contributed by atoms with van der Waals surface area (Å²) >= 11 is 0. The second kappa shape index (κ2) is 5.59. The van der Waals surface area contributed by atoms with E-state index in [2.05, 4.69) is 14.9 Å². The minimum absolute atomic E-state index is 0.554. The largest absolute Gasteiger partial charge is 0.338 e. The molecule has 4 nitrogen and oxygen atoms in total. The molecule has 1 fully saturated rings. The van der Waals surface area contributed by atoms with E-state index in [9.17, 15) is 4.21 Å². The summed E-state index contributed by atoms with van der Waals surface area (Å²) in [4.78, 5) is 4.28. The summed E-state index contributed by atoms with van der Waals surface area (Å²) in [6, 6.07) is 0.554. The first-order chi connectivity index (χ1) is 7.75. The van der Waals surface area contributed by atoms with E-state index >= 15 is 0 Å². The van der Waals surface area contributed by atoms with Crippen molar-refractivity contribution >= 4 is 10.8 Å². The highest BCUT2D eigenvalue weighted by Gasteiger charge is 2.16. The molecule has 2 heterocycles. The van der Waals surface area contributed by atoms with E-state index in [0.29, 0.717) is 6.04 Å². The maximum absolute atomic E-state index is 11.2. The maximum atomic E-state index is 11.2. The molecule has 0 spiro atoms. The Morgan fingerprint density at radius 3 is 2.94 bits per heavy atom. The Hall–Kier alpha value is -0.680. The fraction of sp³-hybridized carbons (Fsp3) is 0.727. The van der Waals surface area contributed by atoms with Crippen molar-refractivity contribution < 1.29 is 4.21 Å². The lowest BCUT2D eigenvalue weighted by Crippen LogP contribution is -2.37. The van der Waals surface area contributed by atoms with Gasteiger partial charge in [-0.15, -0.1) is 0 Å². The fourth-order valence-electron chi connectivity index (χ4n) is 2.02. The minimum Gasteiger partial charge on any atom is -0.338 e. The van der Waals surface area contributed by atoms with E-state index in [1.807, 2.05) is 19.4 Å². The predicted octanol–water partition coefficient (Wildman–Crippen LogP) is 0.463. The summed E-state index contributed by atoms with van der Waals surface area (Å²) in [6.07, 6.45) is 6.86. The van der Waals surface area contributed by atoms with Gasteiger partial charge in [-0.05, 0) is 12.8 Å². The van der Waals surface area contributed by atoms with Crippen molar-refractivity contribution in [2.45, 2.75) is 25.3 Å². The van der Waals surface area contributed by atoms with Crippen molar-refractivity contribution in [3.05, 3.63) is 18.2 Å². The summed E-state index contributed by atoms with van der Waals surface area (Å²) in [6.45, 7) is 0.960. The summed E-state index contributed by atoms with van der Waals surface area (Å²) in [5.41, 5.74) is 0. The topological polar surface area (TPSA) is 46.9 Å². The summed E-state index contributed by atoms with van der Waals surface area (Å²) < 4.78 is 13.2. The third-order valence-electron chi connectivity index (χ3n) is 3.09. The number of aromatic nitrogens is 2. The predicted molar refractivity (Wildman–Crippen MR) is 65.8 cm³/mol. The first-order valence-electron chi connectivity index (χ1n) is 5.80.